The molecule has 0 spiro atoms. The fourth-order valence-electron chi connectivity index (χ4n) is 1.63. The zero-order valence-electron chi connectivity index (χ0n) is 10.5. The molecule has 0 bridgehead atoms. The first-order valence-corrected chi connectivity index (χ1v) is 8.32. The Balaban J connectivity index is 2.40. The molecule has 21 heavy (non-hydrogen) atoms. The molecule has 0 saturated heterocycles. The van der Waals surface area contributed by atoms with Crippen LogP contribution in [-0.4, -0.2) is 13.4 Å². The van der Waals surface area contributed by atoms with Crippen molar-refractivity contribution in [3.63, 3.8) is 0 Å². The van der Waals surface area contributed by atoms with E-state index in [1.807, 2.05) is 0 Å². The largest absolute Gasteiger partial charge is 0.389 e. The van der Waals surface area contributed by atoms with Gasteiger partial charge in [-0.1, -0.05) is 47.6 Å². The maximum atomic E-state index is 12.3. The highest BCUT2D eigenvalue weighted by molar-refractivity contribution is 7.92. The van der Waals surface area contributed by atoms with Crippen molar-refractivity contribution in [3.05, 3.63) is 58.1 Å². The minimum atomic E-state index is -3.86. The van der Waals surface area contributed by atoms with Crippen molar-refractivity contribution in [2.24, 2.45) is 5.73 Å². The number of benzene rings is 2. The Labute approximate surface area is 137 Å². The molecule has 0 aliphatic heterocycles. The van der Waals surface area contributed by atoms with E-state index in [9.17, 15) is 8.42 Å². The topological polar surface area (TPSA) is 72.2 Å². The molecule has 0 aromatic heterocycles. The molecule has 2 rings (SSSR count). The van der Waals surface area contributed by atoms with Crippen LogP contribution in [0.2, 0.25) is 10.0 Å². The number of thiocarbonyl (C=S) groups is 1. The van der Waals surface area contributed by atoms with Crippen LogP contribution >= 0.6 is 35.4 Å². The predicted octanol–water partition coefficient (Wildman–Crippen LogP) is 3.43. The highest BCUT2D eigenvalue weighted by Crippen LogP contribution is 2.27. The van der Waals surface area contributed by atoms with E-state index in [0.717, 1.165) is 0 Å². The lowest BCUT2D eigenvalue weighted by Crippen LogP contribution is -2.15. The zero-order valence-corrected chi connectivity index (χ0v) is 13.7. The van der Waals surface area contributed by atoms with Crippen molar-refractivity contribution in [1.82, 2.24) is 0 Å². The molecule has 8 heteroatoms. The Morgan fingerprint density at radius 1 is 1.14 bits per heavy atom. The Kier molecular flexibility index (Phi) is 4.73. The summed E-state index contributed by atoms with van der Waals surface area (Å²) in [5, 5.41) is 0.356. The molecule has 0 saturated carbocycles. The Hall–Kier alpha value is -1.34. The molecule has 0 heterocycles. The summed E-state index contributed by atoms with van der Waals surface area (Å²) in [6, 6.07) is 10.7. The van der Waals surface area contributed by atoms with Crippen LogP contribution in [0, 0.1) is 0 Å². The highest BCUT2D eigenvalue weighted by atomic mass is 35.5. The SMILES string of the molecule is NC(=S)c1cccc(NS(=O)(=O)c2cc(Cl)ccc2Cl)c1. The summed E-state index contributed by atoms with van der Waals surface area (Å²) in [7, 11) is -3.86. The van der Waals surface area contributed by atoms with E-state index < -0.39 is 10.0 Å². The number of sulfonamides is 1. The molecule has 0 amide bonds. The smallest absolute Gasteiger partial charge is 0.263 e. The molecule has 0 aliphatic rings. The fourth-order valence-corrected chi connectivity index (χ4v) is 3.57. The van der Waals surface area contributed by atoms with Crippen LogP contribution in [0.3, 0.4) is 0 Å². The fraction of sp³-hybridized carbons (Fsp3) is 0. The number of halogens is 2. The van der Waals surface area contributed by atoms with Gasteiger partial charge in [0.15, 0.2) is 0 Å². The van der Waals surface area contributed by atoms with Crippen molar-refractivity contribution in [3.8, 4) is 0 Å². The molecule has 0 fully saturated rings. The van der Waals surface area contributed by atoms with Crippen molar-refractivity contribution >= 4 is 56.1 Å². The van der Waals surface area contributed by atoms with Crippen LogP contribution in [0.1, 0.15) is 5.56 Å². The molecule has 0 aliphatic carbocycles. The molecule has 110 valence electrons. The number of nitrogens with one attached hydrogen (secondary N) is 1. The third-order valence-corrected chi connectivity index (χ3v) is 4.92. The summed E-state index contributed by atoms with van der Waals surface area (Å²) in [6.45, 7) is 0. The maximum absolute atomic E-state index is 12.3. The lowest BCUT2D eigenvalue weighted by molar-refractivity contribution is 0.601. The Morgan fingerprint density at radius 3 is 2.52 bits per heavy atom. The monoisotopic (exact) mass is 360 g/mol. The van der Waals surface area contributed by atoms with Crippen LogP contribution < -0.4 is 10.5 Å². The van der Waals surface area contributed by atoms with Gasteiger partial charge in [0.05, 0.1) is 5.02 Å². The van der Waals surface area contributed by atoms with Gasteiger partial charge in [-0.2, -0.15) is 0 Å². The van der Waals surface area contributed by atoms with Gasteiger partial charge in [0.2, 0.25) is 0 Å². The van der Waals surface area contributed by atoms with E-state index in [4.69, 9.17) is 41.2 Å². The minimum absolute atomic E-state index is 0.0809. The second kappa shape index (κ2) is 6.19. The third-order valence-electron chi connectivity index (χ3n) is 2.58. The van der Waals surface area contributed by atoms with E-state index in [0.29, 0.717) is 11.3 Å². The van der Waals surface area contributed by atoms with Gasteiger partial charge in [-0.05, 0) is 30.3 Å². The van der Waals surface area contributed by atoms with Gasteiger partial charge < -0.3 is 5.73 Å². The van der Waals surface area contributed by atoms with Gasteiger partial charge in [0.25, 0.3) is 10.0 Å². The van der Waals surface area contributed by atoms with Crippen molar-refractivity contribution in [2.45, 2.75) is 4.90 Å². The number of hydrogen-bond acceptors (Lipinski definition) is 3. The molecule has 2 aromatic carbocycles. The molecule has 0 atom stereocenters. The first-order valence-electron chi connectivity index (χ1n) is 5.67. The van der Waals surface area contributed by atoms with E-state index in [2.05, 4.69) is 4.72 Å². The Morgan fingerprint density at radius 2 is 1.86 bits per heavy atom. The number of hydrogen-bond donors (Lipinski definition) is 2. The van der Waals surface area contributed by atoms with Crippen LogP contribution in [0.5, 0.6) is 0 Å². The van der Waals surface area contributed by atoms with Gasteiger partial charge in [0.1, 0.15) is 9.88 Å². The summed E-state index contributed by atoms with van der Waals surface area (Å²) in [5.74, 6) is 0. The van der Waals surface area contributed by atoms with Gasteiger partial charge in [0, 0.05) is 16.3 Å². The van der Waals surface area contributed by atoms with Gasteiger partial charge in [-0.25, -0.2) is 8.42 Å². The summed E-state index contributed by atoms with van der Waals surface area (Å²) >= 11 is 16.6. The predicted molar refractivity (Wildman–Crippen MR) is 89.6 cm³/mol. The lowest BCUT2D eigenvalue weighted by Gasteiger charge is -2.10. The van der Waals surface area contributed by atoms with Gasteiger partial charge >= 0.3 is 0 Å². The average molecular weight is 361 g/mol. The number of anilines is 1. The van der Waals surface area contributed by atoms with Crippen LogP contribution in [0.15, 0.2) is 47.4 Å². The highest BCUT2D eigenvalue weighted by Gasteiger charge is 2.18. The second-order valence-electron chi connectivity index (χ2n) is 4.13. The molecule has 4 nitrogen and oxygen atoms in total. The summed E-state index contributed by atoms with van der Waals surface area (Å²) in [5.41, 5.74) is 6.40. The van der Waals surface area contributed by atoms with E-state index in [-0.39, 0.29) is 19.9 Å². The molecule has 2 aromatic rings. The van der Waals surface area contributed by atoms with Gasteiger partial charge in [-0.3, -0.25) is 4.72 Å². The number of rotatable bonds is 4. The summed E-state index contributed by atoms with van der Waals surface area (Å²) < 4.78 is 27.1. The van der Waals surface area contributed by atoms with Crippen LogP contribution in [-0.2, 0) is 10.0 Å². The first kappa shape index (κ1) is 16.0. The molecular formula is C13H10Cl2N2O2S2. The van der Waals surface area contributed by atoms with E-state index in [1.54, 1.807) is 24.3 Å². The van der Waals surface area contributed by atoms with E-state index in [1.165, 1.54) is 18.2 Å². The molecule has 0 unspecified atom stereocenters. The van der Waals surface area contributed by atoms with Crippen molar-refractivity contribution < 1.29 is 8.42 Å². The van der Waals surface area contributed by atoms with Crippen LogP contribution in [0.4, 0.5) is 5.69 Å². The Bertz CT molecular complexity index is 808. The molecule has 3 N–H and O–H groups in total. The third kappa shape index (κ3) is 3.85. The van der Waals surface area contributed by atoms with Gasteiger partial charge in [-0.15, -0.1) is 0 Å². The minimum Gasteiger partial charge on any atom is -0.389 e. The number of nitrogens with two attached hydrogens (primary N) is 1. The molecular weight excluding hydrogens is 351 g/mol. The second-order valence-corrected chi connectivity index (χ2v) is 7.06. The standard InChI is InChI=1S/C13H10Cl2N2O2S2/c14-9-4-5-11(15)12(7-9)21(18,19)17-10-3-1-2-8(6-10)13(16)20/h1-7,17H,(H2,16,20). The van der Waals surface area contributed by atoms with Crippen molar-refractivity contribution in [2.75, 3.05) is 4.72 Å². The first-order chi connectivity index (χ1) is 9.79. The van der Waals surface area contributed by atoms with Crippen LogP contribution in [0.25, 0.3) is 0 Å². The summed E-state index contributed by atoms with van der Waals surface area (Å²) in [4.78, 5) is 0.0780. The molecule has 0 radical (unpaired) electrons. The lowest BCUT2D eigenvalue weighted by atomic mass is 10.2. The zero-order chi connectivity index (χ0) is 15.6. The summed E-state index contributed by atoms with van der Waals surface area (Å²) in [6.07, 6.45) is 0. The average Bonchev–Trinajstić information content (AvgIpc) is 2.41. The van der Waals surface area contributed by atoms with Crippen molar-refractivity contribution in [1.29, 1.82) is 0 Å². The normalized spacial score (nSPS) is 11.1. The quantitative estimate of drug-likeness (QED) is 0.819. The maximum Gasteiger partial charge on any atom is 0.263 e. The van der Waals surface area contributed by atoms with E-state index >= 15 is 0 Å².